The molecule has 0 fully saturated rings. The number of nitrogens with zero attached hydrogens (tertiary/aromatic N) is 1. The molecule has 0 aliphatic heterocycles. The van der Waals surface area contributed by atoms with Crippen LogP contribution in [-0.2, 0) is 0 Å². The Bertz CT molecular complexity index is 785. The molecule has 1 atom stereocenters. The van der Waals surface area contributed by atoms with Gasteiger partial charge in [0.15, 0.2) is 5.11 Å². The van der Waals surface area contributed by atoms with Crippen molar-refractivity contribution in [2.75, 3.05) is 12.4 Å². The van der Waals surface area contributed by atoms with Crippen LogP contribution >= 0.6 is 12.2 Å². The van der Waals surface area contributed by atoms with Crippen molar-refractivity contribution in [1.29, 1.82) is 0 Å². The number of anilines is 1. The summed E-state index contributed by atoms with van der Waals surface area (Å²) in [6, 6.07) is 21.8. The third kappa shape index (κ3) is 4.55. The molecule has 0 unspecified atom stereocenters. The summed E-state index contributed by atoms with van der Waals surface area (Å²) in [6.45, 7) is 0. The van der Waals surface area contributed by atoms with Crippen LogP contribution in [0, 0.1) is 0 Å². The fourth-order valence-corrected chi connectivity index (χ4v) is 2.80. The first kappa shape index (κ1) is 16.9. The molecule has 126 valence electrons. The van der Waals surface area contributed by atoms with E-state index in [1.165, 1.54) is 0 Å². The van der Waals surface area contributed by atoms with Crippen LogP contribution in [0.25, 0.3) is 0 Å². The van der Waals surface area contributed by atoms with E-state index in [0.29, 0.717) is 5.11 Å². The van der Waals surface area contributed by atoms with Crippen LogP contribution in [0.2, 0.25) is 0 Å². The Kier molecular flexibility index (Phi) is 5.59. The number of ether oxygens (including phenoxy) is 1. The maximum Gasteiger partial charge on any atom is 0.171 e. The van der Waals surface area contributed by atoms with Crippen molar-refractivity contribution in [3.8, 4) is 5.75 Å². The number of rotatable bonds is 5. The van der Waals surface area contributed by atoms with Crippen molar-refractivity contribution in [2.45, 2.75) is 6.04 Å². The number of hydrogen-bond acceptors (Lipinski definition) is 3. The van der Waals surface area contributed by atoms with E-state index in [0.717, 1.165) is 22.6 Å². The molecule has 1 heterocycles. The lowest BCUT2D eigenvalue weighted by Crippen LogP contribution is -2.33. The molecule has 2 aromatic carbocycles. The average molecular weight is 349 g/mol. The number of benzene rings is 2. The predicted octanol–water partition coefficient (Wildman–Crippen LogP) is 4.17. The first-order valence-corrected chi connectivity index (χ1v) is 8.33. The summed E-state index contributed by atoms with van der Waals surface area (Å²) in [4.78, 5) is 4.10. The van der Waals surface area contributed by atoms with Crippen LogP contribution in [-0.4, -0.2) is 17.2 Å². The van der Waals surface area contributed by atoms with Gasteiger partial charge in [0.05, 0.1) is 13.2 Å². The van der Waals surface area contributed by atoms with E-state index >= 15 is 0 Å². The fourth-order valence-electron chi connectivity index (χ4n) is 2.56. The van der Waals surface area contributed by atoms with Crippen molar-refractivity contribution in [3.05, 3.63) is 90.3 Å². The van der Waals surface area contributed by atoms with Crippen LogP contribution in [0.5, 0.6) is 5.75 Å². The summed E-state index contributed by atoms with van der Waals surface area (Å²) < 4.78 is 5.25. The summed E-state index contributed by atoms with van der Waals surface area (Å²) in [5.41, 5.74) is 3.10. The SMILES string of the molecule is COc1cccc(NC(=S)N[C@H](c2ccccc2)c2ccncc2)c1. The van der Waals surface area contributed by atoms with Gasteiger partial charge in [-0.05, 0) is 47.6 Å². The maximum absolute atomic E-state index is 5.51. The van der Waals surface area contributed by atoms with Gasteiger partial charge in [0.25, 0.3) is 0 Å². The van der Waals surface area contributed by atoms with E-state index in [1.807, 2.05) is 54.6 Å². The molecule has 0 bridgehead atoms. The molecule has 4 nitrogen and oxygen atoms in total. The Balaban J connectivity index is 1.79. The van der Waals surface area contributed by atoms with E-state index in [1.54, 1.807) is 19.5 Å². The Labute approximate surface area is 152 Å². The van der Waals surface area contributed by atoms with Crippen molar-refractivity contribution in [2.24, 2.45) is 0 Å². The van der Waals surface area contributed by atoms with Gasteiger partial charge >= 0.3 is 0 Å². The first-order chi connectivity index (χ1) is 12.3. The second-order valence-electron chi connectivity index (χ2n) is 5.45. The van der Waals surface area contributed by atoms with Gasteiger partial charge in [0, 0.05) is 24.1 Å². The van der Waals surface area contributed by atoms with Crippen molar-refractivity contribution >= 4 is 23.0 Å². The predicted molar refractivity (Wildman–Crippen MR) is 105 cm³/mol. The van der Waals surface area contributed by atoms with Gasteiger partial charge in [-0.15, -0.1) is 0 Å². The molecule has 3 aromatic rings. The second kappa shape index (κ2) is 8.26. The van der Waals surface area contributed by atoms with E-state index in [-0.39, 0.29) is 6.04 Å². The summed E-state index contributed by atoms with van der Waals surface area (Å²) in [5, 5.41) is 7.14. The molecule has 3 rings (SSSR count). The first-order valence-electron chi connectivity index (χ1n) is 7.92. The number of thiocarbonyl (C=S) groups is 1. The largest absolute Gasteiger partial charge is 0.497 e. The van der Waals surface area contributed by atoms with Crippen LogP contribution in [0.1, 0.15) is 17.2 Å². The van der Waals surface area contributed by atoms with Crippen LogP contribution < -0.4 is 15.4 Å². The van der Waals surface area contributed by atoms with Crippen LogP contribution in [0.3, 0.4) is 0 Å². The van der Waals surface area contributed by atoms with E-state index in [4.69, 9.17) is 17.0 Å². The van der Waals surface area contributed by atoms with Crippen molar-refractivity contribution in [3.63, 3.8) is 0 Å². The van der Waals surface area contributed by atoms with Crippen molar-refractivity contribution < 1.29 is 4.74 Å². The molecule has 0 aliphatic carbocycles. The topological polar surface area (TPSA) is 46.2 Å². The van der Waals surface area contributed by atoms with E-state index in [2.05, 4.69) is 27.8 Å². The maximum atomic E-state index is 5.51. The minimum Gasteiger partial charge on any atom is -0.497 e. The monoisotopic (exact) mass is 349 g/mol. The Hall–Kier alpha value is -2.92. The van der Waals surface area contributed by atoms with E-state index in [9.17, 15) is 0 Å². The summed E-state index contributed by atoms with van der Waals surface area (Å²) in [6.07, 6.45) is 3.57. The molecule has 0 spiro atoms. The lowest BCUT2D eigenvalue weighted by molar-refractivity contribution is 0.415. The van der Waals surface area contributed by atoms with Gasteiger partial charge < -0.3 is 15.4 Å². The Morgan fingerprint density at radius 3 is 2.40 bits per heavy atom. The lowest BCUT2D eigenvalue weighted by Gasteiger charge is -2.22. The number of aromatic nitrogens is 1. The number of methoxy groups -OCH3 is 1. The molecule has 0 saturated carbocycles. The number of pyridine rings is 1. The summed E-state index contributed by atoms with van der Waals surface area (Å²) in [7, 11) is 1.64. The molecule has 0 aliphatic rings. The van der Waals surface area contributed by atoms with Crippen LogP contribution in [0.15, 0.2) is 79.1 Å². The average Bonchev–Trinajstić information content (AvgIpc) is 2.67. The van der Waals surface area contributed by atoms with Gasteiger partial charge in [-0.2, -0.15) is 0 Å². The zero-order valence-corrected chi connectivity index (χ0v) is 14.7. The van der Waals surface area contributed by atoms with Gasteiger partial charge in [-0.3, -0.25) is 4.98 Å². The highest BCUT2D eigenvalue weighted by molar-refractivity contribution is 7.80. The standard InChI is InChI=1S/C20H19N3OS/c1-24-18-9-5-8-17(14-18)22-20(25)23-19(15-6-3-2-4-7-15)16-10-12-21-13-11-16/h2-14,19H,1H3,(H2,22,23,25)/t19-/m1/s1. The van der Waals surface area contributed by atoms with Gasteiger partial charge in [-0.25, -0.2) is 0 Å². The highest BCUT2D eigenvalue weighted by Gasteiger charge is 2.15. The molecule has 0 radical (unpaired) electrons. The number of nitrogens with one attached hydrogen (secondary N) is 2. The molecular formula is C20H19N3OS. The van der Waals surface area contributed by atoms with Gasteiger partial charge in [0.1, 0.15) is 5.75 Å². The minimum absolute atomic E-state index is 0.0604. The van der Waals surface area contributed by atoms with Crippen LogP contribution in [0.4, 0.5) is 5.69 Å². The molecule has 0 amide bonds. The summed E-state index contributed by atoms with van der Waals surface area (Å²) >= 11 is 5.51. The minimum atomic E-state index is -0.0604. The van der Waals surface area contributed by atoms with Gasteiger partial charge in [0.2, 0.25) is 0 Å². The lowest BCUT2D eigenvalue weighted by atomic mass is 10.00. The quantitative estimate of drug-likeness (QED) is 0.677. The second-order valence-corrected chi connectivity index (χ2v) is 5.86. The highest BCUT2D eigenvalue weighted by atomic mass is 32.1. The normalized spacial score (nSPS) is 11.4. The molecule has 2 N–H and O–H groups in total. The Morgan fingerprint density at radius 2 is 1.68 bits per heavy atom. The number of hydrogen-bond donors (Lipinski definition) is 2. The molecule has 25 heavy (non-hydrogen) atoms. The Morgan fingerprint density at radius 1 is 0.960 bits per heavy atom. The zero-order valence-electron chi connectivity index (χ0n) is 13.8. The summed E-state index contributed by atoms with van der Waals surface area (Å²) in [5.74, 6) is 0.779. The molecular weight excluding hydrogens is 330 g/mol. The third-order valence-corrected chi connectivity index (χ3v) is 4.00. The third-order valence-electron chi connectivity index (χ3n) is 3.78. The molecule has 1 aromatic heterocycles. The zero-order chi connectivity index (χ0) is 17.5. The van der Waals surface area contributed by atoms with Crippen molar-refractivity contribution in [1.82, 2.24) is 10.3 Å². The molecule has 0 saturated heterocycles. The van der Waals surface area contributed by atoms with Gasteiger partial charge in [-0.1, -0.05) is 36.4 Å². The van der Waals surface area contributed by atoms with E-state index < -0.39 is 0 Å². The molecule has 5 heteroatoms. The highest BCUT2D eigenvalue weighted by Crippen LogP contribution is 2.22. The smallest absolute Gasteiger partial charge is 0.171 e. The fraction of sp³-hybridized carbons (Fsp3) is 0.100.